The number of hydrogen-bond donors (Lipinski definition) is 3. The van der Waals surface area contributed by atoms with Gasteiger partial charge in [-0.25, -0.2) is 4.57 Å². The summed E-state index contributed by atoms with van der Waals surface area (Å²) < 4.78 is 15.1. The Morgan fingerprint density at radius 1 is 1.30 bits per heavy atom. The average molecular weight is 302 g/mol. The van der Waals surface area contributed by atoms with Crippen LogP contribution in [-0.4, -0.2) is 26.8 Å². The first-order chi connectivity index (χ1) is 8.92. The fourth-order valence-corrected chi connectivity index (χ4v) is 2.29. The summed E-state index contributed by atoms with van der Waals surface area (Å²) >= 11 is 0. The number of phosphoric acid groups is 1. The van der Waals surface area contributed by atoms with Gasteiger partial charge >= 0.3 is 7.82 Å². The summed E-state index contributed by atoms with van der Waals surface area (Å²) in [6.45, 7) is 6.91. The van der Waals surface area contributed by atoms with Crippen molar-refractivity contribution < 1.29 is 28.8 Å². The lowest BCUT2D eigenvalue weighted by Gasteiger charge is -2.21. The largest absolute Gasteiger partial charge is 0.508 e. The van der Waals surface area contributed by atoms with Crippen LogP contribution in [0.15, 0.2) is 18.2 Å². The summed E-state index contributed by atoms with van der Waals surface area (Å²) in [6, 6.07) is 4.29. The molecule has 0 saturated heterocycles. The minimum absolute atomic E-state index is 0.0672. The molecule has 0 aliphatic carbocycles. The number of rotatable bonds is 4. The number of benzene rings is 1. The second-order valence-corrected chi connectivity index (χ2v) is 6.78. The van der Waals surface area contributed by atoms with E-state index in [9.17, 15) is 14.5 Å². The van der Waals surface area contributed by atoms with Crippen LogP contribution in [0.2, 0.25) is 0 Å². The summed E-state index contributed by atoms with van der Waals surface area (Å²) in [5.41, 5.74) is 0.439. The number of hydrogen-bond acceptors (Lipinski definition) is 4. The Morgan fingerprint density at radius 2 is 1.85 bits per heavy atom. The number of phosphoric ester groups is 1. The van der Waals surface area contributed by atoms with E-state index >= 15 is 0 Å². The van der Waals surface area contributed by atoms with Gasteiger partial charge in [0, 0.05) is 5.56 Å². The molecule has 1 atom stereocenters. The van der Waals surface area contributed by atoms with Crippen molar-refractivity contribution in [3.63, 3.8) is 0 Å². The van der Waals surface area contributed by atoms with Gasteiger partial charge in [0.2, 0.25) is 0 Å². The molecule has 0 bridgehead atoms. The Kier molecular flexibility index (Phi) is 4.77. The molecular formula is C13H19O6P. The summed E-state index contributed by atoms with van der Waals surface area (Å²) in [6.07, 6.45) is -1.27. The molecule has 1 unspecified atom stereocenters. The molecule has 6 nitrogen and oxygen atoms in total. The summed E-state index contributed by atoms with van der Waals surface area (Å²) in [5, 5.41) is 9.81. The highest BCUT2D eigenvalue weighted by Crippen LogP contribution is 2.38. The molecular weight excluding hydrogens is 283 g/mol. The lowest BCUT2D eigenvalue weighted by atomic mass is 9.85. The van der Waals surface area contributed by atoms with Crippen molar-refractivity contribution in [1.82, 2.24) is 0 Å². The Morgan fingerprint density at radius 3 is 2.30 bits per heavy atom. The quantitative estimate of drug-likeness (QED) is 0.582. The molecule has 0 radical (unpaired) electrons. The summed E-state index contributed by atoms with van der Waals surface area (Å²) in [5.74, 6) is -0.489. The van der Waals surface area contributed by atoms with Crippen LogP contribution in [0.1, 0.15) is 43.6 Å². The molecule has 0 spiro atoms. The van der Waals surface area contributed by atoms with Crippen molar-refractivity contribution in [1.29, 1.82) is 0 Å². The van der Waals surface area contributed by atoms with Crippen molar-refractivity contribution in [3.8, 4) is 5.75 Å². The van der Waals surface area contributed by atoms with E-state index in [2.05, 4.69) is 4.52 Å². The topological polar surface area (TPSA) is 104 Å². The highest BCUT2D eigenvalue weighted by Gasteiger charge is 2.27. The average Bonchev–Trinajstić information content (AvgIpc) is 2.24. The van der Waals surface area contributed by atoms with E-state index in [0.29, 0.717) is 5.56 Å². The highest BCUT2D eigenvalue weighted by molar-refractivity contribution is 7.46. The van der Waals surface area contributed by atoms with E-state index in [1.54, 1.807) is 0 Å². The van der Waals surface area contributed by atoms with Crippen LogP contribution in [0.4, 0.5) is 0 Å². The lowest BCUT2D eigenvalue weighted by molar-refractivity contribution is 0.0746. The number of aromatic hydroxyl groups is 1. The normalized spacial score (nSPS) is 14.1. The van der Waals surface area contributed by atoms with Crippen LogP contribution >= 0.6 is 7.82 Å². The van der Waals surface area contributed by atoms with Crippen molar-refractivity contribution in [2.45, 2.75) is 39.2 Å². The van der Waals surface area contributed by atoms with E-state index in [4.69, 9.17) is 9.79 Å². The van der Waals surface area contributed by atoms with E-state index in [-0.39, 0.29) is 16.7 Å². The van der Waals surface area contributed by atoms with Gasteiger partial charge in [0.25, 0.3) is 0 Å². The number of ketones is 1. The Balaban J connectivity index is 3.09. The molecule has 7 heteroatoms. The second-order valence-electron chi connectivity index (χ2n) is 5.58. The van der Waals surface area contributed by atoms with E-state index < -0.39 is 19.7 Å². The maximum Gasteiger partial charge on any atom is 0.470 e. The molecule has 0 aliphatic rings. The SMILES string of the molecule is CC(OP(=O)(O)O)C(=O)c1ccc(O)c(C(C)(C)C)c1. The van der Waals surface area contributed by atoms with E-state index in [0.717, 1.165) is 0 Å². The first-order valence-corrected chi connectivity index (χ1v) is 7.56. The second kappa shape index (κ2) is 5.66. The van der Waals surface area contributed by atoms with E-state index in [1.165, 1.54) is 25.1 Å². The number of carbonyl (C=O) groups excluding carboxylic acids is 1. The van der Waals surface area contributed by atoms with Crippen LogP contribution < -0.4 is 0 Å². The number of phenolic OH excluding ortho intramolecular Hbond substituents is 1. The molecule has 112 valence electrons. The molecule has 1 rings (SSSR count). The molecule has 1 aromatic rings. The van der Waals surface area contributed by atoms with Gasteiger partial charge in [-0.2, -0.15) is 0 Å². The Hall–Kier alpha value is -1.20. The molecule has 0 fully saturated rings. The monoisotopic (exact) mass is 302 g/mol. The zero-order valence-electron chi connectivity index (χ0n) is 11.8. The van der Waals surface area contributed by atoms with Crippen LogP contribution in [0, 0.1) is 0 Å². The smallest absolute Gasteiger partial charge is 0.470 e. The van der Waals surface area contributed by atoms with Crippen LogP contribution in [-0.2, 0) is 14.5 Å². The van der Waals surface area contributed by atoms with Gasteiger partial charge < -0.3 is 14.9 Å². The van der Waals surface area contributed by atoms with Crippen molar-refractivity contribution in [2.75, 3.05) is 0 Å². The van der Waals surface area contributed by atoms with Gasteiger partial charge in [-0.3, -0.25) is 9.32 Å². The first kappa shape index (κ1) is 16.9. The third-order valence-electron chi connectivity index (χ3n) is 2.75. The lowest BCUT2D eigenvalue weighted by Crippen LogP contribution is -2.21. The fourth-order valence-electron chi connectivity index (χ4n) is 1.78. The summed E-state index contributed by atoms with van der Waals surface area (Å²) in [4.78, 5) is 29.5. The van der Waals surface area contributed by atoms with Crippen LogP contribution in [0.25, 0.3) is 0 Å². The predicted molar refractivity (Wildman–Crippen MR) is 73.7 cm³/mol. The molecule has 0 saturated carbocycles. The zero-order chi connectivity index (χ0) is 15.7. The first-order valence-electron chi connectivity index (χ1n) is 6.03. The van der Waals surface area contributed by atoms with Gasteiger partial charge in [0.1, 0.15) is 11.9 Å². The Bertz CT molecular complexity index is 554. The standard InChI is InChI=1S/C13H19O6P/c1-8(19-20(16,17)18)12(15)9-5-6-11(14)10(7-9)13(2,3)4/h5-8,14H,1-4H3,(H2,16,17,18). The van der Waals surface area contributed by atoms with Crippen LogP contribution in [0.3, 0.4) is 0 Å². The number of phenols is 1. The Labute approximate surface area is 117 Å². The van der Waals surface area contributed by atoms with Gasteiger partial charge in [-0.05, 0) is 36.1 Å². The fraction of sp³-hybridized carbons (Fsp3) is 0.462. The highest BCUT2D eigenvalue weighted by atomic mass is 31.2. The van der Waals surface area contributed by atoms with Crippen molar-refractivity contribution in [2.24, 2.45) is 0 Å². The van der Waals surface area contributed by atoms with Crippen LogP contribution in [0.5, 0.6) is 5.75 Å². The minimum Gasteiger partial charge on any atom is -0.508 e. The molecule has 0 aromatic heterocycles. The van der Waals surface area contributed by atoms with Gasteiger partial charge in [0.15, 0.2) is 5.78 Å². The van der Waals surface area contributed by atoms with Gasteiger partial charge in [0.05, 0.1) is 0 Å². The van der Waals surface area contributed by atoms with Gasteiger partial charge in [-0.15, -0.1) is 0 Å². The number of Topliss-reactive ketones (excluding diaryl/α,β-unsaturated/α-hetero) is 1. The minimum atomic E-state index is -4.72. The third-order valence-corrected chi connectivity index (χ3v) is 3.34. The maximum atomic E-state index is 12.1. The summed E-state index contributed by atoms with van der Waals surface area (Å²) in [7, 11) is -4.72. The molecule has 0 heterocycles. The van der Waals surface area contributed by atoms with Crippen molar-refractivity contribution >= 4 is 13.6 Å². The molecule has 0 aliphatic heterocycles. The van der Waals surface area contributed by atoms with E-state index in [1.807, 2.05) is 20.8 Å². The zero-order valence-corrected chi connectivity index (χ0v) is 12.7. The predicted octanol–water partition coefficient (Wildman–Crippen LogP) is 2.37. The third kappa shape index (κ3) is 4.42. The van der Waals surface area contributed by atoms with Crippen molar-refractivity contribution in [3.05, 3.63) is 29.3 Å². The number of carbonyl (C=O) groups is 1. The van der Waals surface area contributed by atoms with Gasteiger partial charge in [-0.1, -0.05) is 20.8 Å². The molecule has 3 N–H and O–H groups in total. The molecule has 20 heavy (non-hydrogen) atoms. The molecule has 1 aromatic carbocycles. The maximum absolute atomic E-state index is 12.1. The molecule has 0 amide bonds.